The normalized spacial score (nSPS) is 23.9. The van der Waals surface area contributed by atoms with Gasteiger partial charge in [0.15, 0.2) is 0 Å². The summed E-state index contributed by atoms with van der Waals surface area (Å²) in [6, 6.07) is 7.78. The number of aliphatic hydroxyl groups excluding tert-OH is 1. The Morgan fingerprint density at radius 3 is 2.38 bits per heavy atom. The van der Waals surface area contributed by atoms with Crippen LogP contribution >= 0.6 is 0 Å². The van der Waals surface area contributed by atoms with Crippen LogP contribution in [-0.4, -0.2) is 11.7 Å². The highest BCUT2D eigenvalue weighted by Crippen LogP contribution is 2.57. The highest BCUT2D eigenvalue weighted by molar-refractivity contribution is 5.29. The molecule has 0 aromatic heterocycles. The molecular weight excluding hydrogens is 200 g/mol. The summed E-state index contributed by atoms with van der Waals surface area (Å²) < 4.78 is 5.38. The molecular formula is C14H20O2. The van der Waals surface area contributed by atoms with Crippen molar-refractivity contribution in [2.45, 2.75) is 33.3 Å². The molecule has 0 bridgehead atoms. The number of hydrogen-bond donors (Lipinski definition) is 1. The van der Waals surface area contributed by atoms with Crippen molar-refractivity contribution >= 4 is 0 Å². The van der Waals surface area contributed by atoms with Crippen LogP contribution in [0, 0.1) is 11.3 Å². The molecule has 0 spiro atoms. The first kappa shape index (κ1) is 11.5. The van der Waals surface area contributed by atoms with Crippen molar-refractivity contribution < 1.29 is 9.84 Å². The molecule has 1 N–H and O–H groups in total. The van der Waals surface area contributed by atoms with Crippen LogP contribution in [0.2, 0.25) is 0 Å². The molecule has 1 aliphatic carbocycles. The van der Waals surface area contributed by atoms with Gasteiger partial charge in [0, 0.05) is 0 Å². The van der Waals surface area contributed by atoms with Gasteiger partial charge in [-0.2, -0.15) is 0 Å². The summed E-state index contributed by atoms with van der Waals surface area (Å²) in [7, 11) is 0. The van der Waals surface area contributed by atoms with Crippen LogP contribution in [0.25, 0.3) is 0 Å². The second kappa shape index (κ2) is 4.10. The van der Waals surface area contributed by atoms with Crippen LogP contribution in [-0.2, 0) is 0 Å². The van der Waals surface area contributed by atoms with Gasteiger partial charge in [-0.3, -0.25) is 0 Å². The molecule has 0 heterocycles. The molecule has 0 aliphatic heterocycles. The Balaban J connectivity index is 2.04. The number of rotatable bonds is 4. The van der Waals surface area contributed by atoms with Crippen LogP contribution < -0.4 is 4.74 Å². The molecule has 1 aromatic rings. The van der Waals surface area contributed by atoms with Crippen molar-refractivity contribution in [1.29, 1.82) is 0 Å². The molecule has 1 fully saturated rings. The SMILES string of the molecule is CCOc1ccc(C(O)C2CC2(C)C)cc1. The number of hydrogen-bond acceptors (Lipinski definition) is 2. The molecule has 2 atom stereocenters. The van der Waals surface area contributed by atoms with E-state index in [0.29, 0.717) is 17.9 Å². The van der Waals surface area contributed by atoms with Gasteiger partial charge in [0.05, 0.1) is 12.7 Å². The van der Waals surface area contributed by atoms with Crippen molar-refractivity contribution in [1.82, 2.24) is 0 Å². The highest BCUT2D eigenvalue weighted by atomic mass is 16.5. The lowest BCUT2D eigenvalue weighted by atomic mass is 10.00. The lowest BCUT2D eigenvalue weighted by Crippen LogP contribution is -2.04. The van der Waals surface area contributed by atoms with Gasteiger partial charge in [0.25, 0.3) is 0 Å². The first-order valence-electron chi connectivity index (χ1n) is 5.95. The van der Waals surface area contributed by atoms with Gasteiger partial charge in [-0.1, -0.05) is 26.0 Å². The zero-order valence-corrected chi connectivity index (χ0v) is 10.2. The summed E-state index contributed by atoms with van der Waals surface area (Å²) in [4.78, 5) is 0. The maximum absolute atomic E-state index is 10.2. The summed E-state index contributed by atoms with van der Waals surface area (Å²) in [5.41, 5.74) is 1.30. The topological polar surface area (TPSA) is 29.5 Å². The molecule has 2 unspecified atom stereocenters. The fourth-order valence-corrected chi connectivity index (χ4v) is 2.21. The van der Waals surface area contributed by atoms with E-state index in [2.05, 4.69) is 13.8 Å². The maximum atomic E-state index is 10.2. The summed E-state index contributed by atoms with van der Waals surface area (Å²) in [6.07, 6.45) is 0.784. The van der Waals surface area contributed by atoms with Gasteiger partial charge in [0.1, 0.15) is 5.75 Å². The molecule has 0 amide bonds. The Labute approximate surface area is 97.3 Å². The van der Waals surface area contributed by atoms with E-state index >= 15 is 0 Å². The molecule has 2 rings (SSSR count). The maximum Gasteiger partial charge on any atom is 0.119 e. The van der Waals surface area contributed by atoms with Gasteiger partial charge in [-0.25, -0.2) is 0 Å². The van der Waals surface area contributed by atoms with Gasteiger partial charge >= 0.3 is 0 Å². The number of benzene rings is 1. The monoisotopic (exact) mass is 220 g/mol. The zero-order valence-electron chi connectivity index (χ0n) is 10.2. The van der Waals surface area contributed by atoms with Crippen LogP contribution in [0.15, 0.2) is 24.3 Å². The third kappa shape index (κ3) is 2.22. The Morgan fingerprint density at radius 1 is 1.38 bits per heavy atom. The second-order valence-electron chi connectivity index (χ2n) is 5.25. The fraction of sp³-hybridized carbons (Fsp3) is 0.571. The van der Waals surface area contributed by atoms with Crippen molar-refractivity contribution in [2.75, 3.05) is 6.61 Å². The summed E-state index contributed by atoms with van der Waals surface area (Å²) in [5, 5.41) is 10.2. The minimum absolute atomic E-state index is 0.304. The van der Waals surface area contributed by atoms with E-state index in [1.807, 2.05) is 31.2 Å². The molecule has 2 nitrogen and oxygen atoms in total. The van der Waals surface area contributed by atoms with E-state index < -0.39 is 0 Å². The summed E-state index contributed by atoms with van der Waals surface area (Å²) in [5.74, 6) is 1.28. The lowest BCUT2D eigenvalue weighted by molar-refractivity contribution is 0.138. The van der Waals surface area contributed by atoms with Crippen LogP contribution in [0.4, 0.5) is 0 Å². The zero-order chi connectivity index (χ0) is 11.8. The van der Waals surface area contributed by atoms with Crippen molar-refractivity contribution in [3.63, 3.8) is 0 Å². The van der Waals surface area contributed by atoms with Gasteiger partial charge < -0.3 is 9.84 Å². The lowest BCUT2D eigenvalue weighted by Gasteiger charge is -2.13. The van der Waals surface area contributed by atoms with E-state index in [4.69, 9.17) is 4.74 Å². The van der Waals surface area contributed by atoms with Crippen LogP contribution in [0.5, 0.6) is 5.75 Å². The average Bonchev–Trinajstić information content (AvgIpc) is 2.88. The molecule has 1 aliphatic rings. The van der Waals surface area contributed by atoms with E-state index in [-0.39, 0.29) is 6.10 Å². The van der Waals surface area contributed by atoms with E-state index in [0.717, 1.165) is 17.7 Å². The number of ether oxygens (including phenoxy) is 1. The first-order chi connectivity index (χ1) is 7.54. The highest BCUT2D eigenvalue weighted by Gasteiger charge is 2.50. The Hall–Kier alpha value is -1.02. The quantitative estimate of drug-likeness (QED) is 0.844. The largest absolute Gasteiger partial charge is 0.494 e. The van der Waals surface area contributed by atoms with Gasteiger partial charge in [0.2, 0.25) is 0 Å². The summed E-state index contributed by atoms with van der Waals surface area (Å²) >= 11 is 0. The van der Waals surface area contributed by atoms with Gasteiger partial charge in [-0.05, 0) is 42.4 Å². The van der Waals surface area contributed by atoms with Crippen molar-refractivity contribution in [3.05, 3.63) is 29.8 Å². The molecule has 1 aromatic carbocycles. The molecule has 88 valence electrons. The smallest absolute Gasteiger partial charge is 0.119 e. The predicted molar refractivity (Wildman–Crippen MR) is 64.5 cm³/mol. The predicted octanol–water partition coefficient (Wildman–Crippen LogP) is 3.16. The first-order valence-corrected chi connectivity index (χ1v) is 5.95. The van der Waals surface area contributed by atoms with Gasteiger partial charge in [-0.15, -0.1) is 0 Å². The minimum atomic E-state index is -0.328. The average molecular weight is 220 g/mol. The third-order valence-electron chi connectivity index (χ3n) is 3.50. The van der Waals surface area contributed by atoms with Crippen molar-refractivity contribution in [2.24, 2.45) is 11.3 Å². The van der Waals surface area contributed by atoms with E-state index in [9.17, 15) is 5.11 Å². The molecule has 2 heteroatoms. The second-order valence-corrected chi connectivity index (χ2v) is 5.25. The summed E-state index contributed by atoms with van der Waals surface area (Å²) in [6.45, 7) is 7.05. The van der Waals surface area contributed by atoms with E-state index in [1.165, 1.54) is 0 Å². The fourth-order valence-electron chi connectivity index (χ4n) is 2.21. The van der Waals surface area contributed by atoms with Crippen molar-refractivity contribution in [3.8, 4) is 5.75 Å². The van der Waals surface area contributed by atoms with Crippen LogP contribution in [0.3, 0.4) is 0 Å². The number of aliphatic hydroxyl groups is 1. The van der Waals surface area contributed by atoms with E-state index in [1.54, 1.807) is 0 Å². The third-order valence-corrected chi connectivity index (χ3v) is 3.50. The Morgan fingerprint density at radius 2 is 1.94 bits per heavy atom. The Kier molecular flexibility index (Phi) is 2.94. The molecule has 1 saturated carbocycles. The standard InChI is InChI=1S/C14H20O2/c1-4-16-11-7-5-10(6-8-11)13(15)12-9-14(12,2)3/h5-8,12-13,15H,4,9H2,1-3H3. The minimum Gasteiger partial charge on any atom is -0.494 e. The molecule has 0 saturated heterocycles. The molecule has 0 radical (unpaired) electrons. The molecule has 16 heavy (non-hydrogen) atoms. The van der Waals surface area contributed by atoms with Crippen LogP contribution in [0.1, 0.15) is 38.9 Å². The Bertz CT molecular complexity index is 354.